The van der Waals surface area contributed by atoms with Crippen LogP contribution in [0.1, 0.15) is 10.6 Å². The molecule has 1 aliphatic rings. The third kappa shape index (κ3) is 4.20. The van der Waals surface area contributed by atoms with Gasteiger partial charge in [-0.05, 0) is 26.0 Å². The van der Waals surface area contributed by atoms with Gasteiger partial charge < -0.3 is 20.2 Å². The molecule has 1 fully saturated rings. The molecular weight excluding hydrogens is 356 g/mol. The molecule has 9 nitrogen and oxygen atoms in total. The highest BCUT2D eigenvalue weighted by molar-refractivity contribution is 7.15. The van der Waals surface area contributed by atoms with Gasteiger partial charge in [-0.2, -0.15) is 0 Å². The first-order valence-corrected chi connectivity index (χ1v) is 8.95. The fraction of sp³-hybridized carbons (Fsp3) is 0.375. The number of carbonyl (C=O) groups is 2. The van der Waals surface area contributed by atoms with E-state index in [1.807, 2.05) is 24.8 Å². The van der Waals surface area contributed by atoms with Crippen molar-refractivity contribution in [2.75, 3.05) is 41.7 Å². The SMILES string of the molecule is Cc1nc(NC(=O)Nc2ccc(N3CCN(C(=O)O)CC3)nc2)sc1C. The van der Waals surface area contributed by atoms with Crippen molar-refractivity contribution in [3.63, 3.8) is 0 Å². The summed E-state index contributed by atoms with van der Waals surface area (Å²) in [7, 11) is 0. The third-order valence-corrected chi connectivity index (χ3v) is 5.12. The number of carbonyl (C=O) groups excluding carboxylic acids is 1. The zero-order chi connectivity index (χ0) is 18.7. The van der Waals surface area contributed by atoms with Crippen LogP contribution in [0.15, 0.2) is 18.3 Å². The number of piperazine rings is 1. The van der Waals surface area contributed by atoms with E-state index in [1.54, 1.807) is 12.3 Å². The number of nitrogens with zero attached hydrogens (tertiary/aromatic N) is 4. The Balaban J connectivity index is 1.54. The van der Waals surface area contributed by atoms with Gasteiger partial charge in [0.2, 0.25) is 0 Å². The molecule has 3 N–H and O–H groups in total. The van der Waals surface area contributed by atoms with Gasteiger partial charge in [-0.15, -0.1) is 11.3 Å². The quantitative estimate of drug-likeness (QED) is 0.759. The van der Waals surface area contributed by atoms with Crippen LogP contribution in [0.4, 0.5) is 26.2 Å². The minimum atomic E-state index is -0.895. The number of nitrogens with one attached hydrogen (secondary N) is 2. The minimum Gasteiger partial charge on any atom is -0.465 e. The standard InChI is InChI=1S/C16H20N6O3S/c1-10-11(2)26-15(18-10)20-14(23)19-12-3-4-13(17-9-12)21-5-7-22(8-6-21)16(24)25/h3-4,9H,5-8H2,1-2H3,(H,24,25)(H2,18,19,20,23). The Labute approximate surface area is 154 Å². The lowest BCUT2D eigenvalue weighted by Gasteiger charge is -2.33. The maximum Gasteiger partial charge on any atom is 0.407 e. The third-order valence-electron chi connectivity index (χ3n) is 4.13. The van der Waals surface area contributed by atoms with Gasteiger partial charge in [0.25, 0.3) is 0 Å². The van der Waals surface area contributed by atoms with E-state index in [4.69, 9.17) is 5.11 Å². The summed E-state index contributed by atoms with van der Waals surface area (Å²) in [5.74, 6) is 0.757. The van der Waals surface area contributed by atoms with E-state index in [1.165, 1.54) is 16.2 Å². The number of pyridine rings is 1. The summed E-state index contributed by atoms with van der Waals surface area (Å²) in [6, 6.07) is 3.21. The molecule has 2 aromatic heterocycles. The first-order chi connectivity index (χ1) is 12.4. The Morgan fingerprint density at radius 2 is 1.88 bits per heavy atom. The largest absolute Gasteiger partial charge is 0.465 e. The van der Waals surface area contributed by atoms with Crippen LogP contribution < -0.4 is 15.5 Å². The van der Waals surface area contributed by atoms with Crippen molar-refractivity contribution in [2.24, 2.45) is 0 Å². The number of amides is 3. The number of hydrogen-bond acceptors (Lipinski definition) is 6. The zero-order valence-electron chi connectivity index (χ0n) is 14.5. The second-order valence-corrected chi connectivity index (χ2v) is 7.10. The lowest BCUT2D eigenvalue weighted by Crippen LogP contribution is -2.48. The molecule has 0 unspecified atom stereocenters. The van der Waals surface area contributed by atoms with Crippen molar-refractivity contribution in [2.45, 2.75) is 13.8 Å². The molecule has 138 valence electrons. The number of thiazole rings is 1. The fourth-order valence-electron chi connectivity index (χ4n) is 2.56. The maximum atomic E-state index is 12.0. The van der Waals surface area contributed by atoms with Gasteiger partial charge in [0.1, 0.15) is 5.82 Å². The van der Waals surface area contributed by atoms with E-state index in [-0.39, 0.29) is 6.03 Å². The van der Waals surface area contributed by atoms with Gasteiger partial charge in [0.15, 0.2) is 5.13 Å². The van der Waals surface area contributed by atoms with Gasteiger partial charge in [-0.1, -0.05) is 0 Å². The molecule has 3 amide bonds. The Kier molecular flexibility index (Phi) is 5.21. The second kappa shape index (κ2) is 7.56. The van der Waals surface area contributed by atoms with Crippen molar-refractivity contribution in [3.8, 4) is 0 Å². The number of carboxylic acid groups (broad SMARTS) is 1. The maximum absolute atomic E-state index is 12.0. The summed E-state index contributed by atoms with van der Waals surface area (Å²) in [6.07, 6.45) is 0.686. The van der Waals surface area contributed by atoms with Crippen molar-refractivity contribution in [1.29, 1.82) is 0 Å². The van der Waals surface area contributed by atoms with Gasteiger partial charge >= 0.3 is 12.1 Å². The zero-order valence-corrected chi connectivity index (χ0v) is 15.3. The van der Waals surface area contributed by atoms with Crippen molar-refractivity contribution < 1.29 is 14.7 Å². The molecule has 0 aromatic carbocycles. The van der Waals surface area contributed by atoms with Crippen LogP contribution in [0.2, 0.25) is 0 Å². The smallest absolute Gasteiger partial charge is 0.407 e. The summed E-state index contributed by atoms with van der Waals surface area (Å²) in [5, 5.41) is 15.0. The molecule has 0 atom stereocenters. The molecule has 26 heavy (non-hydrogen) atoms. The van der Waals surface area contributed by atoms with Crippen LogP contribution in [0.25, 0.3) is 0 Å². The van der Waals surface area contributed by atoms with Crippen LogP contribution >= 0.6 is 11.3 Å². The van der Waals surface area contributed by atoms with Crippen molar-refractivity contribution >= 4 is 40.1 Å². The number of anilines is 3. The van der Waals surface area contributed by atoms with Gasteiger partial charge in [-0.3, -0.25) is 5.32 Å². The predicted octanol–water partition coefficient (Wildman–Crippen LogP) is 2.60. The molecule has 0 radical (unpaired) electrons. The summed E-state index contributed by atoms with van der Waals surface area (Å²) >= 11 is 1.43. The van der Waals surface area contributed by atoms with E-state index >= 15 is 0 Å². The summed E-state index contributed by atoms with van der Waals surface area (Å²) < 4.78 is 0. The average Bonchev–Trinajstić information content (AvgIpc) is 2.93. The number of aromatic nitrogens is 2. The molecule has 1 aliphatic heterocycles. The van der Waals surface area contributed by atoms with Crippen LogP contribution in [-0.2, 0) is 0 Å². The monoisotopic (exact) mass is 376 g/mol. The van der Waals surface area contributed by atoms with Gasteiger partial charge in [0, 0.05) is 31.1 Å². The topological polar surface area (TPSA) is 111 Å². The van der Waals surface area contributed by atoms with Gasteiger partial charge in [-0.25, -0.2) is 19.6 Å². The number of rotatable bonds is 3. The van der Waals surface area contributed by atoms with E-state index in [2.05, 4.69) is 20.6 Å². The predicted molar refractivity (Wildman–Crippen MR) is 100 cm³/mol. The highest BCUT2D eigenvalue weighted by Gasteiger charge is 2.21. The molecule has 3 rings (SSSR count). The van der Waals surface area contributed by atoms with Crippen molar-refractivity contribution in [1.82, 2.24) is 14.9 Å². The highest BCUT2D eigenvalue weighted by atomic mass is 32.1. The lowest BCUT2D eigenvalue weighted by molar-refractivity contribution is 0.142. The lowest BCUT2D eigenvalue weighted by atomic mass is 10.3. The first-order valence-electron chi connectivity index (χ1n) is 8.13. The first kappa shape index (κ1) is 17.9. The van der Waals surface area contributed by atoms with E-state index in [0.29, 0.717) is 37.0 Å². The molecule has 0 bridgehead atoms. The Hall–Kier alpha value is -2.88. The molecule has 3 heterocycles. The number of aryl methyl sites for hydroxylation is 2. The molecule has 0 aliphatic carbocycles. The van der Waals surface area contributed by atoms with Crippen LogP contribution in [0.5, 0.6) is 0 Å². The summed E-state index contributed by atoms with van der Waals surface area (Å²) in [6.45, 7) is 5.94. The normalized spacial score (nSPS) is 14.2. The average molecular weight is 376 g/mol. The molecule has 10 heteroatoms. The van der Waals surface area contributed by atoms with Crippen molar-refractivity contribution in [3.05, 3.63) is 28.9 Å². The van der Waals surface area contributed by atoms with Crippen LogP contribution in [0.3, 0.4) is 0 Å². The Bertz CT molecular complexity index is 779. The molecule has 0 saturated carbocycles. The Morgan fingerprint density at radius 3 is 2.42 bits per heavy atom. The number of urea groups is 1. The van der Waals surface area contributed by atoms with E-state index in [9.17, 15) is 9.59 Å². The summed E-state index contributed by atoms with van der Waals surface area (Å²) in [5.41, 5.74) is 1.47. The van der Waals surface area contributed by atoms with Gasteiger partial charge in [0.05, 0.1) is 17.6 Å². The fourth-order valence-corrected chi connectivity index (χ4v) is 3.37. The van der Waals surface area contributed by atoms with Crippen LogP contribution in [-0.4, -0.2) is 58.3 Å². The highest BCUT2D eigenvalue weighted by Crippen LogP contribution is 2.21. The van der Waals surface area contributed by atoms with Crippen LogP contribution in [0, 0.1) is 13.8 Å². The van der Waals surface area contributed by atoms with E-state index in [0.717, 1.165) is 16.4 Å². The number of hydrogen-bond donors (Lipinski definition) is 3. The molecular formula is C16H20N6O3S. The second-order valence-electron chi connectivity index (χ2n) is 5.90. The summed E-state index contributed by atoms with van der Waals surface area (Å²) in [4.78, 5) is 36.1. The minimum absolute atomic E-state index is 0.372. The molecule has 2 aromatic rings. The Morgan fingerprint density at radius 1 is 1.15 bits per heavy atom. The molecule has 1 saturated heterocycles. The molecule has 0 spiro atoms. The van der Waals surface area contributed by atoms with E-state index < -0.39 is 6.09 Å².